The van der Waals surface area contributed by atoms with Gasteiger partial charge in [0.05, 0.1) is 12.3 Å². The van der Waals surface area contributed by atoms with Gasteiger partial charge in [-0.15, -0.1) is 11.3 Å². The largest absolute Gasteiger partial charge is 0.390 e. The molecular formula is C11H10FNOS. The second kappa shape index (κ2) is 4.08. The number of nitrogens with zero attached hydrogens (tertiary/aromatic N) is 1. The van der Waals surface area contributed by atoms with Crippen LogP contribution in [0.2, 0.25) is 0 Å². The number of halogens is 1. The molecule has 1 aromatic heterocycles. The third kappa shape index (κ3) is 2.06. The minimum absolute atomic E-state index is 0.0785. The predicted octanol–water partition coefficient (Wildman–Crippen LogP) is 2.75. The van der Waals surface area contributed by atoms with Crippen molar-refractivity contribution >= 4 is 11.3 Å². The van der Waals surface area contributed by atoms with Crippen LogP contribution in [0.3, 0.4) is 0 Å². The summed E-state index contributed by atoms with van der Waals surface area (Å²) >= 11 is 1.41. The molecule has 2 nitrogen and oxygen atoms in total. The lowest BCUT2D eigenvalue weighted by atomic mass is 10.1. The molecule has 0 saturated carbocycles. The Morgan fingerprint density at radius 1 is 1.47 bits per heavy atom. The first-order valence-electron chi connectivity index (χ1n) is 4.52. The molecule has 0 atom stereocenters. The maximum atomic E-state index is 13.0. The average molecular weight is 223 g/mol. The smallest absolute Gasteiger partial charge is 0.124 e. The summed E-state index contributed by atoms with van der Waals surface area (Å²) in [6.07, 6.45) is 0. The number of aryl methyl sites for hydroxylation is 1. The Morgan fingerprint density at radius 2 is 2.27 bits per heavy atom. The summed E-state index contributed by atoms with van der Waals surface area (Å²) in [7, 11) is 0. The van der Waals surface area contributed by atoms with Crippen LogP contribution in [0.25, 0.3) is 10.6 Å². The van der Waals surface area contributed by atoms with Crippen LogP contribution in [0.4, 0.5) is 4.39 Å². The SMILES string of the molecule is Cc1ccc(F)cc1-c1nc(CO)cs1. The highest BCUT2D eigenvalue weighted by Crippen LogP contribution is 2.27. The molecule has 0 bridgehead atoms. The molecule has 0 spiro atoms. The van der Waals surface area contributed by atoms with Crippen molar-refractivity contribution in [3.05, 3.63) is 40.7 Å². The third-order valence-electron chi connectivity index (χ3n) is 2.14. The van der Waals surface area contributed by atoms with E-state index in [0.29, 0.717) is 5.69 Å². The van der Waals surface area contributed by atoms with E-state index in [-0.39, 0.29) is 12.4 Å². The molecule has 1 heterocycles. The Balaban J connectivity index is 2.48. The number of rotatable bonds is 2. The summed E-state index contributed by atoms with van der Waals surface area (Å²) in [4.78, 5) is 4.20. The van der Waals surface area contributed by atoms with Crippen molar-refractivity contribution in [3.8, 4) is 10.6 Å². The van der Waals surface area contributed by atoms with Crippen LogP contribution in [0.5, 0.6) is 0 Å². The lowest BCUT2D eigenvalue weighted by molar-refractivity contribution is 0.278. The van der Waals surface area contributed by atoms with Crippen LogP contribution in [-0.2, 0) is 6.61 Å². The zero-order valence-electron chi connectivity index (χ0n) is 8.20. The van der Waals surface area contributed by atoms with E-state index >= 15 is 0 Å². The molecule has 0 saturated heterocycles. The monoisotopic (exact) mass is 223 g/mol. The van der Waals surface area contributed by atoms with Gasteiger partial charge in [-0.25, -0.2) is 9.37 Å². The minimum Gasteiger partial charge on any atom is -0.390 e. The lowest BCUT2D eigenvalue weighted by Gasteiger charge is -2.01. The van der Waals surface area contributed by atoms with Crippen molar-refractivity contribution in [3.63, 3.8) is 0 Å². The number of aliphatic hydroxyl groups excluding tert-OH is 1. The van der Waals surface area contributed by atoms with E-state index in [9.17, 15) is 4.39 Å². The van der Waals surface area contributed by atoms with Gasteiger partial charge in [-0.05, 0) is 24.6 Å². The molecule has 0 aliphatic carbocycles. The number of benzene rings is 1. The molecule has 1 aromatic carbocycles. The van der Waals surface area contributed by atoms with E-state index < -0.39 is 0 Å². The van der Waals surface area contributed by atoms with E-state index in [1.165, 1.54) is 23.5 Å². The number of hydrogen-bond donors (Lipinski definition) is 1. The van der Waals surface area contributed by atoms with Crippen LogP contribution in [0.15, 0.2) is 23.6 Å². The summed E-state index contributed by atoms with van der Waals surface area (Å²) < 4.78 is 13.0. The molecule has 78 valence electrons. The highest BCUT2D eigenvalue weighted by Gasteiger charge is 2.07. The second-order valence-electron chi connectivity index (χ2n) is 3.26. The molecule has 2 rings (SSSR count). The molecule has 1 N–H and O–H groups in total. The van der Waals surface area contributed by atoms with Crippen molar-refractivity contribution in [2.24, 2.45) is 0 Å². The van der Waals surface area contributed by atoms with E-state index in [1.807, 2.05) is 6.92 Å². The van der Waals surface area contributed by atoms with E-state index in [4.69, 9.17) is 5.11 Å². The summed E-state index contributed by atoms with van der Waals surface area (Å²) in [5.41, 5.74) is 2.40. The fraction of sp³-hybridized carbons (Fsp3) is 0.182. The maximum Gasteiger partial charge on any atom is 0.124 e. The Morgan fingerprint density at radius 3 is 2.93 bits per heavy atom. The van der Waals surface area contributed by atoms with Gasteiger partial charge in [-0.3, -0.25) is 0 Å². The molecule has 0 aliphatic rings. The van der Waals surface area contributed by atoms with Gasteiger partial charge in [-0.2, -0.15) is 0 Å². The van der Waals surface area contributed by atoms with Crippen LogP contribution >= 0.6 is 11.3 Å². The number of thiazole rings is 1. The van der Waals surface area contributed by atoms with Crippen molar-refractivity contribution in [2.45, 2.75) is 13.5 Å². The van der Waals surface area contributed by atoms with E-state index in [2.05, 4.69) is 4.98 Å². The van der Waals surface area contributed by atoms with Gasteiger partial charge >= 0.3 is 0 Å². The van der Waals surface area contributed by atoms with Crippen molar-refractivity contribution in [2.75, 3.05) is 0 Å². The van der Waals surface area contributed by atoms with Crippen molar-refractivity contribution in [1.29, 1.82) is 0 Å². The highest BCUT2D eigenvalue weighted by atomic mass is 32.1. The highest BCUT2D eigenvalue weighted by molar-refractivity contribution is 7.13. The molecule has 2 aromatic rings. The fourth-order valence-corrected chi connectivity index (χ4v) is 2.22. The summed E-state index contributed by atoms with van der Waals surface area (Å²) in [6, 6.07) is 4.62. The number of aliphatic hydroxyl groups is 1. The Kier molecular flexibility index (Phi) is 2.79. The third-order valence-corrected chi connectivity index (χ3v) is 3.07. The molecule has 15 heavy (non-hydrogen) atoms. The summed E-state index contributed by atoms with van der Waals surface area (Å²) in [5, 5.41) is 11.4. The minimum atomic E-state index is -0.267. The Labute approximate surface area is 91.0 Å². The van der Waals surface area contributed by atoms with Gasteiger partial charge in [0.1, 0.15) is 10.8 Å². The molecule has 0 fully saturated rings. The predicted molar refractivity (Wildman–Crippen MR) is 58.2 cm³/mol. The van der Waals surface area contributed by atoms with E-state index in [1.54, 1.807) is 11.4 Å². The van der Waals surface area contributed by atoms with Gasteiger partial charge in [0.25, 0.3) is 0 Å². The molecule has 0 unspecified atom stereocenters. The molecular weight excluding hydrogens is 213 g/mol. The van der Waals surface area contributed by atoms with Crippen molar-refractivity contribution < 1.29 is 9.50 Å². The van der Waals surface area contributed by atoms with Gasteiger partial charge < -0.3 is 5.11 Å². The zero-order chi connectivity index (χ0) is 10.8. The maximum absolute atomic E-state index is 13.0. The zero-order valence-corrected chi connectivity index (χ0v) is 9.01. The van der Waals surface area contributed by atoms with Crippen LogP contribution in [0, 0.1) is 12.7 Å². The normalized spacial score (nSPS) is 10.6. The molecule has 4 heteroatoms. The summed E-state index contributed by atoms with van der Waals surface area (Å²) in [5.74, 6) is -0.267. The van der Waals surface area contributed by atoms with Gasteiger partial charge in [0.15, 0.2) is 0 Å². The Bertz CT molecular complexity index is 481. The first kappa shape index (κ1) is 10.3. The standard InChI is InChI=1S/C11H10FNOS/c1-7-2-3-8(12)4-10(7)11-13-9(5-14)6-15-11/h2-4,6,14H,5H2,1H3. The van der Waals surface area contributed by atoms with Crippen LogP contribution in [0.1, 0.15) is 11.3 Å². The quantitative estimate of drug-likeness (QED) is 0.849. The topological polar surface area (TPSA) is 33.1 Å². The Hall–Kier alpha value is -1.26. The number of aromatic nitrogens is 1. The fourth-order valence-electron chi connectivity index (χ4n) is 1.33. The van der Waals surface area contributed by atoms with E-state index in [0.717, 1.165) is 16.1 Å². The van der Waals surface area contributed by atoms with Crippen molar-refractivity contribution in [1.82, 2.24) is 4.98 Å². The van der Waals surface area contributed by atoms with Gasteiger partial charge in [0.2, 0.25) is 0 Å². The summed E-state index contributed by atoms with van der Waals surface area (Å²) in [6.45, 7) is 1.83. The second-order valence-corrected chi connectivity index (χ2v) is 4.12. The molecule has 0 aliphatic heterocycles. The van der Waals surface area contributed by atoms with Crippen LogP contribution in [-0.4, -0.2) is 10.1 Å². The number of hydrogen-bond acceptors (Lipinski definition) is 3. The van der Waals surface area contributed by atoms with Crippen LogP contribution < -0.4 is 0 Å². The van der Waals surface area contributed by atoms with Gasteiger partial charge in [0, 0.05) is 10.9 Å². The lowest BCUT2D eigenvalue weighted by Crippen LogP contribution is -1.86. The van der Waals surface area contributed by atoms with Gasteiger partial charge in [-0.1, -0.05) is 6.07 Å². The molecule has 0 radical (unpaired) electrons. The average Bonchev–Trinajstić information content (AvgIpc) is 2.70. The first-order valence-corrected chi connectivity index (χ1v) is 5.40. The first-order chi connectivity index (χ1) is 7.20. The molecule has 0 amide bonds.